The Hall–Kier alpha value is -1.75. The van der Waals surface area contributed by atoms with Gasteiger partial charge in [-0.2, -0.15) is 0 Å². The predicted molar refractivity (Wildman–Crippen MR) is 73.6 cm³/mol. The highest BCUT2D eigenvalue weighted by Gasteiger charge is 2.27. The summed E-state index contributed by atoms with van der Waals surface area (Å²) >= 11 is 0. The van der Waals surface area contributed by atoms with Crippen LogP contribution in [0.3, 0.4) is 0 Å². The molecule has 1 aliphatic heterocycles. The van der Waals surface area contributed by atoms with E-state index in [1.807, 2.05) is 19.2 Å². The Kier molecular flexibility index (Phi) is 3.06. The normalized spacial score (nSPS) is 18.6. The average Bonchev–Trinajstić information content (AvgIpc) is 2.83. The van der Waals surface area contributed by atoms with Gasteiger partial charge in [-0.25, -0.2) is 0 Å². The molecule has 0 saturated carbocycles. The zero-order valence-corrected chi connectivity index (χ0v) is 11.6. The topological polar surface area (TPSA) is 55.6 Å². The summed E-state index contributed by atoms with van der Waals surface area (Å²) in [6, 6.07) is 4.36. The average molecular weight is 257 g/mol. The van der Waals surface area contributed by atoms with Gasteiger partial charge in [0.05, 0.1) is 6.04 Å². The second kappa shape index (κ2) is 4.74. The Morgan fingerprint density at radius 3 is 2.84 bits per heavy atom. The quantitative estimate of drug-likeness (QED) is 0.893. The van der Waals surface area contributed by atoms with E-state index >= 15 is 0 Å². The highest BCUT2D eigenvalue weighted by molar-refractivity contribution is 5.54. The summed E-state index contributed by atoms with van der Waals surface area (Å²) in [5, 5.41) is 12.3. The van der Waals surface area contributed by atoms with Gasteiger partial charge >= 0.3 is 0 Å². The number of hydrogen-bond acceptors (Lipinski definition) is 4. The monoisotopic (exact) mass is 257 g/mol. The number of rotatable bonds is 2. The largest absolute Gasteiger partial charge is 0.308 e. The lowest BCUT2D eigenvalue weighted by Crippen LogP contribution is -2.36. The summed E-state index contributed by atoms with van der Waals surface area (Å²) in [6.07, 6.45) is 1.87. The molecule has 2 aromatic heterocycles. The SMILES string of the molecule is Cc1ccc(-c2nnc3n2CCNC3C(C)C)cn1. The zero-order chi connectivity index (χ0) is 13.4. The van der Waals surface area contributed by atoms with Crippen LogP contribution in [-0.4, -0.2) is 26.3 Å². The molecule has 5 heteroatoms. The van der Waals surface area contributed by atoms with Gasteiger partial charge in [0.1, 0.15) is 0 Å². The number of fused-ring (bicyclic) bond motifs is 1. The highest BCUT2D eigenvalue weighted by atomic mass is 15.3. The van der Waals surface area contributed by atoms with Gasteiger partial charge in [-0.15, -0.1) is 10.2 Å². The molecule has 1 unspecified atom stereocenters. The molecule has 5 nitrogen and oxygen atoms in total. The van der Waals surface area contributed by atoms with Crippen molar-refractivity contribution in [2.75, 3.05) is 6.54 Å². The van der Waals surface area contributed by atoms with Gasteiger partial charge in [-0.1, -0.05) is 13.8 Å². The van der Waals surface area contributed by atoms with Crippen LogP contribution in [0.15, 0.2) is 18.3 Å². The van der Waals surface area contributed by atoms with E-state index in [1.54, 1.807) is 0 Å². The van der Waals surface area contributed by atoms with Gasteiger partial charge in [-0.05, 0) is 25.0 Å². The lowest BCUT2D eigenvalue weighted by Gasteiger charge is -2.27. The Morgan fingerprint density at radius 1 is 1.32 bits per heavy atom. The van der Waals surface area contributed by atoms with Gasteiger partial charge in [0.2, 0.25) is 0 Å². The van der Waals surface area contributed by atoms with Crippen LogP contribution in [0.5, 0.6) is 0 Å². The van der Waals surface area contributed by atoms with E-state index in [9.17, 15) is 0 Å². The van der Waals surface area contributed by atoms with E-state index in [4.69, 9.17) is 0 Å². The molecule has 19 heavy (non-hydrogen) atoms. The number of hydrogen-bond donors (Lipinski definition) is 1. The molecule has 1 aliphatic rings. The summed E-state index contributed by atoms with van der Waals surface area (Å²) in [5.41, 5.74) is 2.05. The minimum Gasteiger partial charge on any atom is -0.308 e. The van der Waals surface area contributed by atoms with Gasteiger partial charge in [0.15, 0.2) is 11.6 Å². The minimum atomic E-state index is 0.286. The fraction of sp³-hybridized carbons (Fsp3) is 0.500. The van der Waals surface area contributed by atoms with Crippen molar-refractivity contribution in [2.24, 2.45) is 5.92 Å². The summed E-state index contributed by atoms with van der Waals surface area (Å²) in [5.74, 6) is 2.47. The van der Waals surface area contributed by atoms with Crippen LogP contribution in [0.1, 0.15) is 31.4 Å². The number of nitrogens with zero attached hydrogens (tertiary/aromatic N) is 4. The van der Waals surface area contributed by atoms with E-state index in [-0.39, 0.29) is 6.04 Å². The van der Waals surface area contributed by atoms with E-state index in [1.165, 1.54) is 0 Å². The van der Waals surface area contributed by atoms with Gasteiger partial charge in [0.25, 0.3) is 0 Å². The fourth-order valence-electron chi connectivity index (χ4n) is 2.54. The molecule has 1 atom stereocenters. The van der Waals surface area contributed by atoms with Gasteiger partial charge in [-0.3, -0.25) is 4.98 Å². The highest BCUT2D eigenvalue weighted by Crippen LogP contribution is 2.27. The predicted octanol–water partition coefficient (Wildman–Crippen LogP) is 1.95. The molecule has 3 heterocycles. The second-order valence-electron chi connectivity index (χ2n) is 5.40. The van der Waals surface area contributed by atoms with Crippen molar-refractivity contribution in [3.63, 3.8) is 0 Å². The summed E-state index contributed by atoms with van der Waals surface area (Å²) in [6.45, 7) is 8.26. The Balaban J connectivity index is 2.03. The molecule has 100 valence electrons. The van der Waals surface area contributed by atoms with Crippen LogP contribution in [0.2, 0.25) is 0 Å². The van der Waals surface area contributed by atoms with E-state index in [2.05, 4.69) is 45.0 Å². The Bertz CT molecular complexity index is 570. The molecule has 1 N–H and O–H groups in total. The van der Waals surface area contributed by atoms with Gasteiger partial charge < -0.3 is 9.88 Å². The molecule has 0 aromatic carbocycles. The molecular formula is C14H19N5. The summed E-state index contributed by atoms with van der Waals surface area (Å²) in [4.78, 5) is 4.34. The number of aromatic nitrogens is 4. The minimum absolute atomic E-state index is 0.286. The molecule has 0 fully saturated rings. The fourth-order valence-corrected chi connectivity index (χ4v) is 2.54. The summed E-state index contributed by atoms with van der Waals surface area (Å²) in [7, 11) is 0. The van der Waals surface area contributed by atoms with Crippen molar-refractivity contribution >= 4 is 0 Å². The number of aryl methyl sites for hydroxylation is 1. The van der Waals surface area contributed by atoms with Crippen LogP contribution < -0.4 is 5.32 Å². The molecule has 0 spiro atoms. The third-order valence-electron chi connectivity index (χ3n) is 3.59. The van der Waals surface area contributed by atoms with Crippen LogP contribution in [0.25, 0.3) is 11.4 Å². The Labute approximate surface area is 113 Å². The molecule has 0 bridgehead atoms. The van der Waals surface area contributed by atoms with Crippen molar-refractivity contribution in [1.29, 1.82) is 0 Å². The van der Waals surface area contributed by atoms with Crippen LogP contribution in [0.4, 0.5) is 0 Å². The molecule has 0 aliphatic carbocycles. The first kappa shape index (κ1) is 12.3. The van der Waals surface area contributed by atoms with Crippen molar-refractivity contribution in [3.05, 3.63) is 29.8 Å². The van der Waals surface area contributed by atoms with E-state index in [0.717, 1.165) is 36.0 Å². The molecule has 2 aromatic rings. The standard InChI is InChI=1S/C14H19N5/c1-9(2)12-14-18-17-13(19(14)7-6-15-12)11-5-4-10(3)16-8-11/h4-5,8-9,12,15H,6-7H2,1-3H3. The Morgan fingerprint density at radius 2 is 2.16 bits per heavy atom. The van der Waals surface area contributed by atoms with Crippen LogP contribution in [0, 0.1) is 12.8 Å². The first-order valence-electron chi connectivity index (χ1n) is 6.76. The smallest absolute Gasteiger partial charge is 0.165 e. The maximum absolute atomic E-state index is 4.38. The van der Waals surface area contributed by atoms with Crippen molar-refractivity contribution in [3.8, 4) is 11.4 Å². The van der Waals surface area contributed by atoms with Gasteiger partial charge in [0, 0.05) is 30.5 Å². The number of nitrogens with one attached hydrogen (secondary N) is 1. The van der Waals surface area contributed by atoms with Crippen molar-refractivity contribution in [2.45, 2.75) is 33.4 Å². The molecule has 0 radical (unpaired) electrons. The summed E-state index contributed by atoms with van der Waals surface area (Å²) < 4.78 is 2.22. The molecule has 0 saturated heterocycles. The third kappa shape index (κ3) is 2.14. The second-order valence-corrected chi connectivity index (χ2v) is 5.40. The van der Waals surface area contributed by atoms with Crippen LogP contribution >= 0.6 is 0 Å². The first-order chi connectivity index (χ1) is 9.16. The molecule has 3 rings (SSSR count). The first-order valence-corrected chi connectivity index (χ1v) is 6.76. The lowest BCUT2D eigenvalue weighted by molar-refractivity contribution is 0.339. The zero-order valence-electron chi connectivity index (χ0n) is 11.6. The third-order valence-corrected chi connectivity index (χ3v) is 3.59. The van der Waals surface area contributed by atoms with Crippen molar-refractivity contribution < 1.29 is 0 Å². The van der Waals surface area contributed by atoms with E-state index in [0.29, 0.717) is 5.92 Å². The van der Waals surface area contributed by atoms with E-state index < -0.39 is 0 Å². The number of pyridine rings is 1. The maximum atomic E-state index is 4.38. The molecule has 0 amide bonds. The molecular weight excluding hydrogens is 238 g/mol. The lowest BCUT2D eigenvalue weighted by atomic mass is 10.0. The maximum Gasteiger partial charge on any atom is 0.165 e. The van der Waals surface area contributed by atoms with Crippen molar-refractivity contribution in [1.82, 2.24) is 25.1 Å². The van der Waals surface area contributed by atoms with Crippen LogP contribution in [-0.2, 0) is 6.54 Å².